The van der Waals surface area contributed by atoms with Gasteiger partial charge in [-0.3, -0.25) is 14.4 Å². The summed E-state index contributed by atoms with van der Waals surface area (Å²) in [4.78, 5) is 43.0. The van der Waals surface area contributed by atoms with Gasteiger partial charge in [0.1, 0.15) is 0 Å². The highest BCUT2D eigenvalue weighted by Gasteiger charge is 2.29. The van der Waals surface area contributed by atoms with Crippen molar-refractivity contribution in [1.82, 2.24) is 9.88 Å². The van der Waals surface area contributed by atoms with E-state index in [-0.39, 0.29) is 22.7 Å². The molecule has 0 atom stereocenters. The van der Waals surface area contributed by atoms with Crippen molar-refractivity contribution in [2.45, 2.75) is 19.8 Å². The SMILES string of the molecule is Cc1c(Cl)cnc(NC(=O)COC(=O)C2CCN(C(=O)c3cccs3)CC2)c1Cl. The number of hydrogen-bond acceptors (Lipinski definition) is 6. The first-order valence-corrected chi connectivity index (χ1v) is 10.6. The number of aromatic nitrogens is 1. The van der Waals surface area contributed by atoms with Gasteiger partial charge in [-0.1, -0.05) is 29.3 Å². The fourth-order valence-electron chi connectivity index (χ4n) is 2.94. The largest absolute Gasteiger partial charge is 0.455 e. The second-order valence-electron chi connectivity index (χ2n) is 6.59. The molecule has 1 aliphatic heterocycles. The topological polar surface area (TPSA) is 88.6 Å². The summed E-state index contributed by atoms with van der Waals surface area (Å²) in [7, 11) is 0. The van der Waals surface area contributed by atoms with E-state index in [1.54, 1.807) is 17.9 Å². The Hall–Kier alpha value is -2.16. The molecule has 7 nitrogen and oxygen atoms in total. The van der Waals surface area contributed by atoms with Crippen LogP contribution in [0.1, 0.15) is 28.1 Å². The maximum Gasteiger partial charge on any atom is 0.309 e. The fraction of sp³-hybridized carbons (Fsp3) is 0.368. The molecule has 2 amide bonds. The molecular formula is C19H19Cl2N3O4S. The zero-order valence-electron chi connectivity index (χ0n) is 15.6. The Kier molecular flexibility index (Phi) is 7.10. The number of hydrogen-bond donors (Lipinski definition) is 1. The lowest BCUT2D eigenvalue weighted by atomic mass is 9.97. The second-order valence-corrected chi connectivity index (χ2v) is 8.33. The van der Waals surface area contributed by atoms with Crippen molar-refractivity contribution in [3.8, 4) is 0 Å². The normalized spacial score (nSPS) is 14.5. The van der Waals surface area contributed by atoms with Crippen LogP contribution in [0, 0.1) is 12.8 Å². The number of pyridine rings is 1. The van der Waals surface area contributed by atoms with Crippen LogP contribution in [-0.4, -0.2) is 47.4 Å². The first kappa shape index (κ1) is 21.5. The first-order valence-electron chi connectivity index (χ1n) is 8.96. The van der Waals surface area contributed by atoms with Crippen LogP contribution >= 0.6 is 34.5 Å². The molecule has 0 radical (unpaired) electrons. The summed E-state index contributed by atoms with van der Waals surface area (Å²) in [5.74, 6) is -1.19. The third-order valence-corrected chi connectivity index (χ3v) is 6.35. The Labute approximate surface area is 182 Å². The Balaban J connectivity index is 1.45. The number of ether oxygens (including phenoxy) is 1. The van der Waals surface area contributed by atoms with Crippen LogP contribution in [-0.2, 0) is 14.3 Å². The molecule has 1 fully saturated rings. The fourth-order valence-corrected chi connectivity index (χ4v) is 4.02. The number of thiophene rings is 1. The van der Waals surface area contributed by atoms with Crippen LogP contribution in [0.2, 0.25) is 10.0 Å². The molecule has 29 heavy (non-hydrogen) atoms. The minimum atomic E-state index is -0.542. The van der Waals surface area contributed by atoms with Crippen LogP contribution < -0.4 is 5.32 Å². The van der Waals surface area contributed by atoms with Gasteiger partial charge < -0.3 is 15.0 Å². The van der Waals surface area contributed by atoms with Crippen molar-refractivity contribution in [2.75, 3.05) is 25.0 Å². The second kappa shape index (κ2) is 9.56. The number of nitrogens with one attached hydrogen (secondary N) is 1. The highest BCUT2D eigenvalue weighted by Crippen LogP contribution is 2.28. The van der Waals surface area contributed by atoms with E-state index in [2.05, 4.69) is 10.3 Å². The number of nitrogens with zero attached hydrogens (tertiary/aromatic N) is 2. The van der Waals surface area contributed by atoms with Gasteiger partial charge in [0.15, 0.2) is 12.4 Å². The summed E-state index contributed by atoms with van der Waals surface area (Å²) < 4.78 is 5.13. The number of carbonyl (C=O) groups is 3. The Morgan fingerprint density at radius 2 is 2.03 bits per heavy atom. The van der Waals surface area contributed by atoms with E-state index in [0.717, 1.165) is 0 Å². The van der Waals surface area contributed by atoms with Gasteiger partial charge >= 0.3 is 5.97 Å². The number of halogens is 2. The summed E-state index contributed by atoms with van der Waals surface area (Å²) in [6, 6.07) is 3.62. The number of anilines is 1. The Morgan fingerprint density at radius 1 is 1.31 bits per heavy atom. The lowest BCUT2D eigenvalue weighted by Gasteiger charge is -2.30. The number of esters is 1. The predicted molar refractivity (Wildman–Crippen MR) is 112 cm³/mol. The molecule has 1 aliphatic rings. The third-order valence-electron chi connectivity index (χ3n) is 4.65. The standard InChI is InChI=1S/C19H19Cl2N3O4S/c1-11-13(20)9-22-17(16(11)21)23-15(25)10-28-19(27)12-4-6-24(7-5-12)18(26)14-3-2-8-29-14/h2-3,8-9,12H,4-7,10H2,1H3,(H,22,23,25). The van der Waals surface area contributed by atoms with Crippen LogP contribution in [0.3, 0.4) is 0 Å². The van der Waals surface area contributed by atoms with E-state index in [1.165, 1.54) is 17.5 Å². The summed E-state index contributed by atoms with van der Waals surface area (Å²) >= 11 is 13.4. The molecule has 1 N–H and O–H groups in total. The average Bonchev–Trinajstić information content (AvgIpc) is 3.27. The van der Waals surface area contributed by atoms with Crippen LogP contribution in [0.5, 0.6) is 0 Å². The van der Waals surface area contributed by atoms with Crippen molar-refractivity contribution >= 4 is 58.1 Å². The van der Waals surface area contributed by atoms with Crippen molar-refractivity contribution in [1.29, 1.82) is 0 Å². The molecule has 1 saturated heterocycles. The molecule has 2 aromatic heterocycles. The van der Waals surface area contributed by atoms with Crippen LogP contribution in [0.25, 0.3) is 0 Å². The predicted octanol–water partition coefficient (Wildman–Crippen LogP) is 3.79. The molecule has 0 spiro atoms. The van der Waals surface area contributed by atoms with E-state index in [1.807, 2.05) is 11.4 Å². The lowest BCUT2D eigenvalue weighted by molar-refractivity contribution is -0.152. The molecule has 0 bridgehead atoms. The molecule has 0 aromatic carbocycles. The summed E-state index contributed by atoms with van der Waals surface area (Å²) in [6.45, 7) is 2.23. The average molecular weight is 456 g/mol. The van der Waals surface area contributed by atoms with Gasteiger partial charge in [-0.25, -0.2) is 4.98 Å². The van der Waals surface area contributed by atoms with Gasteiger partial charge in [0.25, 0.3) is 11.8 Å². The molecular weight excluding hydrogens is 437 g/mol. The maximum absolute atomic E-state index is 12.3. The third kappa shape index (κ3) is 5.26. The van der Waals surface area contributed by atoms with Gasteiger partial charge in [0.2, 0.25) is 0 Å². The number of amides is 2. The first-order chi connectivity index (χ1) is 13.9. The van der Waals surface area contributed by atoms with Crippen LogP contribution in [0.15, 0.2) is 23.7 Å². The van der Waals surface area contributed by atoms with Crippen molar-refractivity contribution < 1.29 is 19.1 Å². The quantitative estimate of drug-likeness (QED) is 0.692. The Morgan fingerprint density at radius 3 is 2.69 bits per heavy atom. The van der Waals surface area contributed by atoms with E-state index in [0.29, 0.717) is 41.4 Å². The monoisotopic (exact) mass is 455 g/mol. The highest BCUT2D eigenvalue weighted by molar-refractivity contribution is 7.12. The maximum atomic E-state index is 12.3. The van der Waals surface area contributed by atoms with Crippen molar-refractivity contribution in [3.63, 3.8) is 0 Å². The minimum Gasteiger partial charge on any atom is -0.455 e. The highest BCUT2D eigenvalue weighted by atomic mass is 35.5. The van der Waals surface area contributed by atoms with Crippen molar-refractivity contribution in [2.24, 2.45) is 5.92 Å². The molecule has 3 rings (SSSR count). The molecule has 3 heterocycles. The smallest absolute Gasteiger partial charge is 0.309 e. The molecule has 2 aromatic rings. The number of rotatable bonds is 5. The van der Waals surface area contributed by atoms with Crippen molar-refractivity contribution in [3.05, 3.63) is 44.2 Å². The number of likely N-dealkylation sites (tertiary alicyclic amines) is 1. The summed E-state index contributed by atoms with van der Waals surface area (Å²) in [5, 5.41) is 4.99. The van der Waals surface area contributed by atoms with Gasteiger partial charge in [-0.2, -0.15) is 0 Å². The van der Waals surface area contributed by atoms with Crippen LogP contribution in [0.4, 0.5) is 5.82 Å². The van der Waals surface area contributed by atoms with Gasteiger partial charge in [-0.05, 0) is 36.8 Å². The summed E-state index contributed by atoms with van der Waals surface area (Å²) in [5.41, 5.74) is 0.597. The van der Waals surface area contributed by atoms with Gasteiger partial charge in [0.05, 0.1) is 20.8 Å². The molecule has 10 heteroatoms. The molecule has 154 valence electrons. The Bertz CT molecular complexity index is 912. The van der Waals surface area contributed by atoms with E-state index in [4.69, 9.17) is 27.9 Å². The molecule has 0 saturated carbocycles. The number of carbonyl (C=O) groups excluding carboxylic acids is 3. The van der Waals surface area contributed by atoms with E-state index < -0.39 is 18.5 Å². The summed E-state index contributed by atoms with van der Waals surface area (Å²) in [6.07, 6.45) is 2.39. The minimum absolute atomic E-state index is 0.0196. The van der Waals surface area contributed by atoms with Gasteiger partial charge in [0, 0.05) is 19.3 Å². The molecule has 0 unspecified atom stereocenters. The lowest BCUT2D eigenvalue weighted by Crippen LogP contribution is -2.40. The zero-order chi connectivity index (χ0) is 21.0. The number of piperidine rings is 1. The molecule has 0 aliphatic carbocycles. The van der Waals surface area contributed by atoms with E-state index >= 15 is 0 Å². The zero-order valence-corrected chi connectivity index (χ0v) is 17.9. The van der Waals surface area contributed by atoms with Gasteiger partial charge in [-0.15, -0.1) is 11.3 Å². The van der Waals surface area contributed by atoms with E-state index in [9.17, 15) is 14.4 Å².